The van der Waals surface area contributed by atoms with E-state index in [2.05, 4.69) is 21.4 Å². The molecule has 1 saturated heterocycles. The van der Waals surface area contributed by atoms with Gasteiger partial charge in [0, 0.05) is 35.3 Å². The van der Waals surface area contributed by atoms with Crippen LogP contribution in [-0.4, -0.2) is 40.5 Å². The number of hydrogen-bond donors (Lipinski definition) is 1. The smallest absolute Gasteiger partial charge is 0.303 e. The van der Waals surface area contributed by atoms with Crippen LogP contribution >= 0.6 is 27.3 Å². The lowest BCUT2D eigenvalue weighted by Gasteiger charge is -2.49. The van der Waals surface area contributed by atoms with Crippen molar-refractivity contribution in [3.8, 4) is 0 Å². The Morgan fingerprint density at radius 2 is 1.48 bits per heavy atom. The quantitative estimate of drug-likeness (QED) is 0.305. The minimum Gasteiger partial charge on any atom is -0.303 e. The van der Waals surface area contributed by atoms with E-state index in [1.165, 1.54) is 4.68 Å². The minimum atomic E-state index is -1.30. The van der Waals surface area contributed by atoms with E-state index in [1.54, 1.807) is 28.8 Å². The molecule has 3 amide bonds. The summed E-state index contributed by atoms with van der Waals surface area (Å²) in [6.07, 6.45) is 0. The number of benzene rings is 4. The van der Waals surface area contributed by atoms with Crippen molar-refractivity contribution >= 4 is 50.5 Å². The summed E-state index contributed by atoms with van der Waals surface area (Å²) in [4.78, 5) is 53.2. The van der Waals surface area contributed by atoms with Crippen LogP contribution in [0.1, 0.15) is 22.3 Å². The van der Waals surface area contributed by atoms with Crippen LogP contribution in [-0.2, 0) is 22.7 Å². The Morgan fingerprint density at radius 1 is 0.804 bits per heavy atom. The van der Waals surface area contributed by atoms with Crippen LogP contribution in [0.4, 0.5) is 10.5 Å². The molecule has 0 saturated carbocycles. The van der Waals surface area contributed by atoms with Crippen molar-refractivity contribution in [2.75, 3.05) is 24.4 Å². The molecule has 1 aromatic heterocycles. The number of para-hydroxylation sites is 1. The highest BCUT2D eigenvalue weighted by molar-refractivity contribution is 9.10. The van der Waals surface area contributed by atoms with Crippen molar-refractivity contribution in [3.63, 3.8) is 0 Å². The van der Waals surface area contributed by atoms with Gasteiger partial charge in [-0.05, 0) is 23.8 Å². The third-order valence-corrected chi connectivity index (χ3v) is 10.7. The second kappa shape index (κ2) is 10.3. The van der Waals surface area contributed by atoms with Gasteiger partial charge in [0.25, 0.3) is 11.5 Å². The second-order valence-corrected chi connectivity index (χ2v) is 13.4. The average Bonchev–Trinajstić information content (AvgIpc) is 3.60. The van der Waals surface area contributed by atoms with Gasteiger partial charge in [0.2, 0.25) is 16.1 Å². The molecule has 9 nitrogen and oxygen atoms in total. The van der Waals surface area contributed by atoms with Crippen LogP contribution in [0.3, 0.4) is 0 Å². The number of likely N-dealkylation sites (N-methyl/N-ethyl adjacent to an activating group) is 2. The number of thiazole rings is 1. The summed E-state index contributed by atoms with van der Waals surface area (Å²) >= 11 is 4.68. The first kappa shape index (κ1) is 28.5. The molecule has 11 heteroatoms. The standard InChI is InChI=1S/C35H27BrN6O3S/c1-39-33(45)40(2)35(24-15-7-4-8-16-24)34(39,23-13-5-3-6-14-23)37-32-42(38-35)31(44)29(46-32)28-26-18-9-10-19-27(26)41(30(28)43)21-22-12-11-17-25(36)20-22/h3-20,38H,21H2,1-2H3/b29-28-. The van der Waals surface area contributed by atoms with E-state index in [0.717, 1.165) is 38.2 Å². The maximum absolute atomic E-state index is 14.5. The monoisotopic (exact) mass is 690 g/mol. The van der Waals surface area contributed by atoms with Gasteiger partial charge >= 0.3 is 6.03 Å². The van der Waals surface area contributed by atoms with E-state index in [1.807, 2.05) is 109 Å². The largest absolute Gasteiger partial charge is 0.324 e. The number of rotatable bonds is 4. The van der Waals surface area contributed by atoms with Gasteiger partial charge in [-0.1, -0.05) is 118 Å². The number of aromatic nitrogens is 1. The Kier molecular flexibility index (Phi) is 6.35. The lowest BCUT2D eigenvalue weighted by Crippen LogP contribution is -2.67. The lowest BCUT2D eigenvalue weighted by molar-refractivity contribution is -0.113. The summed E-state index contributed by atoms with van der Waals surface area (Å²) in [5, 5.41) is 0. The van der Waals surface area contributed by atoms with Crippen molar-refractivity contribution < 1.29 is 9.59 Å². The predicted molar refractivity (Wildman–Crippen MR) is 180 cm³/mol. The molecule has 3 aliphatic heterocycles. The number of amides is 3. The van der Waals surface area contributed by atoms with Gasteiger partial charge in [0.1, 0.15) is 4.53 Å². The fourth-order valence-electron chi connectivity index (χ4n) is 7.04. The Balaban J connectivity index is 1.40. The SMILES string of the molecule is CN1C(=O)N(C)C2(c3ccccc3)Nn3c(s/c(=C4\C(=O)N(Cc5cccc(Br)c5)c5ccccc54)c3=O)=NC12c1ccccc1. The maximum atomic E-state index is 14.5. The Morgan fingerprint density at radius 3 is 2.20 bits per heavy atom. The molecule has 0 aliphatic carbocycles. The van der Waals surface area contributed by atoms with Gasteiger partial charge in [0.15, 0.2) is 0 Å². The molecule has 2 unspecified atom stereocenters. The molecule has 0 spiro atoms. The molecule has 1 fully saturated rings. The van der Waals surface area contributed by atoms with E-state index in [9.17, 15) is 14.4 Å². The fraction of sp³-hybridized carbons (Fsp3) is 0.143. The molecule has 0 radical (unpaired) electrons. The van der Waals surface area contributed by atoms with E-state index in [-0.39, 0.29) is 16.5 Å². The minimum absolute atomic E-state index is 0.252. The Bertz CT molecular complexity index is 2260. The second-order valence-electron chi connectivity index (χ2n) is 11.5. The summed E-state index contributed by atoms with van der Waals surface area (Å²) in [7, 11) is 3.45. The van der Waals surface area contributed by atoms with Gasteiger partial charge in [-0.15, -0.1) is 0 Å². The summed E-state index contributed by atoms with van der Waals surface area (Å²) in [5.74, 6) is -0.252. The first-order valence-corrected chi connectivity index (χ1v) is 16.3. The highest BCUT2D eigenvalue weighted by atomic mass is 79.9. The highest BCUT2D eigenvalue weighted by Crippen LogP contribution is 2.53. The number of nitrogens with one attached hydrogen (secondary N) is 1. The predicted octanol–water partition coefficient (Wildman–Crippen LogP) is 4.30. The van der Waals surface area contributed by atoms with Crippen LogP contribution in [0.5, 0.6) is 0 Å². The summed E-state index contributed by atoms with van der Waals surface area (Å²) in [6.45, 7) is 0.347. The number of hydrogen-bond acceptors (Lipinski definition) is 6. The lowest BCUT2D eigenvalue weighted by atomic mass is 9.80. The zero-order chi connectivity index (χ0) is 31.8. The number of carbonyl (C=O) groups is 2. The van der Waals surface area contributed by atoms with E-state index >= 15 is 0 Å². The molecule has 2 atom stereocenters. The van der Waals surface area contributed by atoms with Gasteiger partial charge < -0.3 is 4.90 Å². The van der Waals surface area contributed by atoms with Gasteiger partial charge in [-0.25, -0.2) is 9.79 Å². The molecular weight excluding hydrogens is 664 g/mol. The third kappa shape index (κ3) is 3.72. The fourth-order valence-corrected chi connectivity index (χ4v) is 8.55. The van der Waals surface area contributed by atoms with E-state index < -0.39 is 16.9 Å². The number of halogens is 1. The van der Waals surface area contributed by atoms with Crippen LogP contribution in [0.15, 0.2) is 123 Å². The average molecular weight is 692 g/mol. The van der Waals surface area contributed by atoms with E-state index in [0.29, 0.717) is 22.5 Å². The molecule has 4 heterocycles. The van der Waals surface area contributed by atoms with Crippen molar-refractivity contribution in [3.05, 3.63) is 156 Å². The molecule has 4 aromatic carbocycles. The maximum Gasteiger partial charge on any atom is 0.324 e. The number of anilines is 1. The molecule has 3 aliphatic rings. The number of urea groups is 1. The van der Waals surface area contributed by atoms with Gasteiger partial charge in [0.05, 0.1) is 17.8 Å². The molecule has 228 valence electrons. The highest BCUT2D eigenvalue weighted by Gasteiger charge is 2.69. The first-order chi connectivity index (χ1) is 22.3. The molecule has 8 rings (SSSR count). The Hall–Kier alpha value is -5.00. The molecule has 1 N–H and O–H groups in total. The van der Waals surface area contributed by atoms with Crippen molar-refractivity contribution in [2.45, 2.75) is 17.9 Å². The van der Waals surface area contributed by atoms with Crippen LogP contribution in [0.2, 0.25) is 0 Å². The van der Waals surface area contributed by atoms with Gasteiger partial charge in [-0.2, -0.15) is 4.68 Å². The van der Waals surface area contributed by atoms with Crippen LogP contribution in [0.25, 0.3) is 5.57 Å². The van der Waals surface area contributed by atoms with Crippen molar-refractivity contribution in [2.24, 2.45) is 4.99 Å². The zero-order valence-corrected chi connectivity index (χ0v) is 27.2. The number of carbonyl (C=O) groups excluding carboxylic acids is 2. The number of fused-ring (bicyclic) bond motifs is 3. The molecule has 5 aromatic rings. The van der Waals surface area contributed by atoms with Crippen molar-refractivity contribution in [1.29, 1.82) is 0 Å². The number of nitrogens with zero attached hydrogens (tertiary/aromatic N) is 5. The molecule has 46 heavy (non-hydrogen) atoms. The van der Waals surface area contributed by atoms with Crippen LogP contribution < -0.4 is 25.2 Å². The molecule has 0 bridgehead atoms. The van der Waals surface area contributed by atoms with Gasteiger partial charge in [-0.3, -0.25) is 24.8 Å². The summed E-state index contributed by atoms with van der Waals surface area (Å²) in [5.41, 5.74) is 4.75. The molecular formula is C35H27BrN6O3S. The zero-order valence-electron chi connectivity index (χ0n) is 24.8. The van der Waals surface area contributed by atoms with Crippen molar-refractivity contribution in [1.82, 2.24) is 14.5 Å². The Labute approximate surface area is 276 Å². The summed E-state index contributed by atoms with van der Waals surface area (Å²) < 4.78 is 2.60. The summed E-state index contributed by atoms with van der Waals surface area (Å²) in [6, 6.07) is 34.3. The topological polar surface area (TPSA) is 90.3 Å². The van der Waals surface area contributed by atoms with Crippen LogP contribution in [0, 0.1) is 0 Å². The first-order valence-electron chi connectivity index (χ1n) is 14.7. The normalized spacial score (nSPS) is 22.7. The van der Waals surface area contributed by atoms with E-state index in [4.69, 9.17) is 4.99 Å². The third-order valence-electron chi connectivity index (χ3n) is 9.13.